The van der Waals surface area contributed by atoms with E-state index in [1.807, 2.05) is 7.05 Å². The highest BCUT2D eigenvalue weighted by atomic mass is 15.4. The number of nitrogens with one attached hydrogen (secondary N) is 1. The van der Waals surface area contributed by atoms with Gasteiger partial charge in [-0.3, -0.25) is 5.32 Å². The van der Waals surface area contributed by atoms with E-state index in [-0.39, 0.29) is 6.29 Å². The summed E-state index contributed by atoms with van der Waals surface area (Å²) in [5.41, 5.74) is 2.58. The van der Waals surface area contributed by atoms with Crippen molar-refractivity contribution in [2.45, 2.75) is 19.6 Å². The molecule has 0 bridgehead atoms. The fourth-order valence-electron chi connectivity index (χ4n) is 2.25. The fourth-order valence-corrected chi connectivity index (χ4v) is 2.25. The van der Waals surface area contributed by atoms with Gasteiger partial charge in [-0.25, -0.2) is 4.99 Å². The van der Waals surface area contributed by atoms with Crippen LogP contribution in [0.2, 0.25) is 0 Å². The quantitative estimate of drug-likeness (QED) is 0.908. The van der Waals surface area contributed by atoms with E-state index in [1.165, 1.54) is 11.3 Å². The minimum Gasteiger partial charge on any atom is -0.359 e. The lowest BCUT2D eigenvalue weighted by molar-refractivity contribution is 0.269. The third kappa shape index (κ3) is 3.39. The number of hydrogen-bond donors (Lipinski definition) is 1. The largest absolute Gasteiger partial charge is 0.359 e. The lowest BCUT2D eigenvalue weighted by Gasteiger charge is -2.33. The first kappa shape index (κ1) is 14.6. The van der Waals surface area contributed by atoms with Crippen LogP contribution >= 0.6 is 0 Å². The molecule has 1 N–H and O–H groups in total. The molecule has 1 aliphatic rings. The van der Waals surface area contributed by atoms with Crippen LogP contribution in [0.1, 0.15) is 12.5 Å². The number of nitrogens with zero attached hydrogens (tertiary/aromatic N) is 3. The molecule has 0 saturated heterocycles. The van der Waals surface area contributed by atoms with Gasteiger partial charge in [0.05, 0.1) is 0 Å². The summed E-state index contributed by atoms with van der Waals surface area (Å²) in [5.74, 6) is 1.04. The fraction of sp³-hybridized carbons (Fsp3) is 0.438. The SMILES string of the molecule is CNC1N=C(N(C)CCc2ccccc2)C=C(C)N1C. The van der Waals surface area contributed by atoms with Gasteiger partial charge in [-0.05, 0) is 32.0 Å². The number of aliphatic imine (C=N–C) groups is 1. The van der Waals surface area contributed by atoms with Gasteiger partial charge in [0.25, 0.3) is 0 Å². The van der Waals surface area contributed by atoms with Crippen molar-refractivity contribution >= 4 is 5.84 Å². The highest BCUT2D eigenvalue weighted by Gasteiger charge is 2.19. The van der Waals surface area contributed by atoms with E-state index in [9.17, 15) is 0 Å². The van der Waals surface area contributed by atoms with Crippen molar-refractivity contribution < 1.29 is 0 Å². The summed E-state index contributed by atoms with van der Waals surface area (Å²) in [6.07, 6.45) is 3.19. The molecule has 1 atom stereocenters. The first-order valence-electron chi connectivity index (χ1n) is 7.03. The van der Waals surface area contributed by atoms with Crippen LogP contribution in [0.5, 0.6) is 0 Å². The molecule has 1 aromatic rings. The van der Waals surface area contributed by atoms with Crippen LogP contribution in [-0.2, 0) is 6.42 Å². The van der Waals surface area contributed by atoms with E-state index in [4.69, 9.17) is 4.99 Å². The maximum atomic E-state index is 4.72. The molecule has 20 heavy (non-hydrogen) atoms. The first-order valence-corrected chi connectivity index (χ1v) is 7.03. The average molecular weight is 272 g/mol. The summed E-state index contributed by atoms with van der Waals surface area (Å²) in [7, 11) is 6.09. The van der Waals surface area contributed by atoms with Crippen LogP contribution < -0.4 is 5.32 Å². The minimum atomic E-state index is 0.0224. The van der Waals surface area contributed by atoms with Crippen molar-refractivity contribution in [3.8, 4) is 0 Å². The molecular formula is C16H24N4. The molecule has 2 rings (SSSR count). The molecule has 4 nitrogen and oxygen atoms in total. The maximum Gasteiger partial charge on any atom is 0.177 e. The highest BCUT2D eigenvalue weighted by Crippen LogP contribution is 2.13. The van der Waals surface area contributed by atoms with Gasteiger partial charge in [0.2, 0.25) is 0 Å². The van der Waals surface area contributed by atoms with E-state index < -0.39 is 0 Å². The Morgan fingerprint density at radius 3 is 2.65 bits per heavy atom. The van der Waals surface area contributed by atoms with E-state index >= 15 is 0 Å². The van der Waals surface area contributed by atoms with Crippen LogP contribution in [0.3, 0.4) is 0 Å². The van der Waals surface area contributed by atoms with Crippen LogP contribution in [0.25, 0.3) is 0 Å². The Bertz CT molecular complexity index is 492. The number of allylic oxidation sites excluding steroid dienone is 1. The Morgan fingerprint density at radius 1 is 1.30 bits per heavy atom. The molecule has 1 aromatic carbocycles. The lowest BCUT2D eigenvalue weighted by Crippen LogP contribution is -2.44. The zero-order valence-electron chi connectivity index (χ0n) is 12.8. The third-order valence-corrected chi connectivity index (χ3v) is 3.74. The molecule has 0 spiro atoms. The van der Waals surface area contributed by atoms with E-state index in [0.29, 0.717) is 0 Å². The molecule has 1 heterocycles. The maximum absolute atomic E-state index is 4.72. The van der Waals surface area contributed by atoms with Gasteiger partial charge in [-0.2, -0.15) is 0 Å². The molecule has 1 aliphatic heterocycles. The molecule has 1 unspecified atom stereocenters. The van der Waals surface area contributed by atoms with Gasteiger partial charge in [0.1, 0.15) is 5.84 Å². The number of likely N-dealkylation sites (N-methyl/N-ethyl adjacent to an activating group) is 1. The summed E-state index contributed by atoms with van der Waals surface area (Å²) in [6, 6.07) is 10.6. The van der Waals surface area contributed by atoms with Crippen molar-refractivity contribution in [3.05, 3.63) is 47.7 Å². The second kappa shape index (κ2) is 6.57. The molecule has 0 amide bonds. The molecule has 4 heteroatoms. The normalized spacial score (nSPS) is 18.6. The number of benzene rings is 1. The topological polar surface area (TPSA) is 30.9 Å². The molecule has 0 fully saturated rings. The monoisotopic (exact) mass is 272 g/mol. The highest BCUT2D eigenvalue weighted by molar-refractivity contribution is 5.94. The Kier molecular flexibility index (Phi) is 4.79. The Hall–Kier alpha value is -1.81. The van der Waals surface area contributed by atoms with E-state index in [0.717, 1.165) is 18.8 Å². The van der Waals surface area contributed by atoms with Crippen LogP contribution in [-0.4, -0.2) is 49.6 Å². The van der Waals surface area contributed by atoms with E-state index in [1.54, 1.807) is 0 Å². The van der Waals surface area contributed by atoms with Crippen molar-refractivity contribution in [1.82, 2.24) is 15.1 Å². The van der Waals surface area contributed by atoms with Crippen LogP contribution in [0.15, 0.2) is 47.1 Å². The van der Waals surface area contributed by atoms with Crippen molar-refractivity contribution in [1.29, 1.82) is 0 Å². The van der Waals surface area contributed by atoms with Crippen molar-refractivity contribution in [2.24, 2.45) is 4.99 Å². The Morgan fingerprint density at radius 2 is 2.00 bits per heavy atom. The van der Waals surface area contributed by atoms with Gasteiger partial charge in [-0.15, -0.1) is 0 Å². The first-order chi connectivity index (χ1) is 9.61. The van der Waals surface area contributed by atoms with E-state index in [2.05, 4.69) is 72.5 Å². The zero-order chi connectivity index (χ0) is 14.5. The lowest BCUT2D eigenvalue weighted by atomic mass is 10.1. The standard InChI is InChI=1S/C16H24N4/c1-13-12-15(18-16(17-2)20(13)4)19(3)11-10-14-8-6-5-7-9-14/h5-9,12,16-17H,10-11H2,1-4H3. The summed E-state index contributed by atoms with van der Waals surface area (Å²) < 4.78 is 0. The molecular weight excluding hydrogens is 248 g/mol. The Balaban J connectivity index is 2.00. The number of rotatable bonds is 4. The van der Waals surface area contributed by atoms with Crippen LogP contribution in [0.4, 0.5) is 0 Å². The van der Waals surface area contributed by atoms with Gasteiger partial charge < -0.3 is 9.80 Å². The second-order valence-corrected chi connectivity index (χ2v) is 5.20. The molecule has 0 saturated carbocycles. The average Bonchev–Trinajstić information content (AvgIpc) is 2.48. The predicted octanol–water partition coefficient (Wildman–Crippen LogP) is 1.91. The summed E-state index contributed by atoms with van der Waals surface area (Å²) >= 11 is 0. The third-order valence-electron chi connectivity index (χ3n) is 3.74. The predicted molar refractivity (Wildman–Crippen MR) is 84.6 cm³/mol. The summed E-state index contributed by atoms with van der Waals surface area (Å²) in [5, 5.41) is 3.21. The summed E-state index contributed by atoms with van der Waals surface area (Å²) in [4.78, 5) is 9.07. The van der Waals surface area contributed by atoms with Crippen molar-refractivity contribution in [2.75, 3.05) is 27.7 Å². The molecule has 0 radical (unpaired) electrons. The molecule has 108 valence electrons. The van der Waals surface area contributed by atoms with Crippen LogP contribution in [0, 0.1) is 0 Å². The molecule has 0 aromatic heterocycles. The number of hydrogen-bond acceptors (Lipinski definition) is 4. The smallest absolute Gasteiger partial charge is 0.177 e. The molecule has 0 aliphatic carbocycles. The Labute approximate surface area is 121 Å². The van der Waals surface area contributed by atoms with Gasteiger partial charge in [0, 0.05) is 26.3 Å². The van der Waals surface area contributed by atoms with Gasteiger partial charge >= 0.3 is 0 Å². The van der Waals surface area contributed by atoms with Gasteiger partial charge in [0.15, 0.2) is 6.29 Å². The summed E-state index contributed by atoms with van der Waals surface area (Å²) in [6.45, 7) is 3.08. The minimum absolute atomic E-state index is 0.0224. The van der Waals surface area contributed by atoms with Gasteiger partial charge in [-0.1, -0.05) is 30.3 Å². The second-order valence-electron chi connectivity index (χ2n) is 5.20. The zero-order valence-corrected chi connectivity index (χ0v) is 12.8. The van der Waals surface area contributed by atoms with Crippen molar-refractivity contribution in [3.63, 3.8) is 0 Å². The number of amidine groups is 1.